The minimum atomic E-state index is -0.0990. The van der Waals surface area contributed by atoms with Crippen LogP contribution in [0.4, 0.5) is 0 Å². The summed E-state index contributed by atoms with van der Waals surface area (Å²) < 4.78 is 4.86. The molecule has 0 bridgehead atoms. The highest BCUT2D eigenvalue weighted by Gasteiger charge is 2.07. The molecule has 1 rings (SSSR count). The molecule has 0 aliphatic carbocycles. The summed E-state index contributed by atoms with van der Waals surface area (Å²) in [6.45, 7) is 5.83. The lowest BCUT2D eigenvalue weighted by Gasteiger charge is -2.05. The number of carbonyl (C=O) groups is 1. The fourth-order valence-electron chi connectivity index (χ4n) is 1.02. The van der Waals surface area contributed by atoms with Gasteiger partial charge in [-0.25, -0.2) is 0 Å². The molecule has 0 unspecified atom stereocenters. The molecule has 78 valence electrons. The third-order valence-electron chi connectivity index (χ3n) is 1.60. The third kappa shape index (κ3) is 2.76. The Bertz CT molecular complexity index is 306. The van der Waals surface area contributed by atoms with Crippen molar-refractivity contribution in [3.8, 4) is 11.5 Å². The lowest BCUT2D eigenvalue weighted by atomic mass is 10.1. The van der Waals surface area contributed by atoms with Crippen molar-refractivity contribution in [2.45, 2.75) is 20.8 Å². The van der Waals surface area contributed by atoms with Gasteiger partial charge in [0.2, 0.25) is 0 Å². The number of phenolic OH excluding ortho intramolecular Hbond substituents is 1. The number of rotatable bonds is 2. The molecule has 0 atom stereocenters. The van der Waals surface area contributed by atoms with Crippen LogP contribution in [-0.2, 0) is 0 Å². The Kier molecular flexibility index (Phi) is 5.37. The van der Waals surface area contributed by atoms with Crippen molar-refractivity contribution in [1.29, 1.82) is 0 Å². The van der Waals surface area contributed by atoms with Crippen LogP contribution in [0.2, 0.25) is 0 Å². The van der Waals surface area contributed by atoms with Gasteiger partial charge in [0.05, 0.1) is 12.7 Å². The molecule has 0 radical (unpaired) electrons. The fourth-order valence-corrected chi connectivity index (χ4v) is 1.02. The van der Waals surface area contributed by atoms with Crippen LogP contribution in [0.25, 0.3) is 0 Å². The van der Waals surface area contributed by atoms with E-state index in [2.05, 4.69) is 0 Å². The maximum Gasteiger partial charge on any atom is 0.168 e. The van der Waals surface area contributed by atoms with E-state index in [1.165, 1.54) is 7.11 Å². The number of hydrogen-bond donors (Lipinski definition) is 1. The van der Waals surface area contributed by atoms with Gasteiger partial charge < -0.3 is 9.84 Å². The second-order valence-corrected chi connectivity index (χ2v) is 2.52. The topological polar surface area (TPSA) is 46.5 Å². The predicted molar refractivity (Wildman–Crippen MR) is 56.1 cm³/mol. The van der Waals surface area contributed by atoms with E-state index >= 15 is 0 Å². The molecule has 0 aromatic heterocycles. The van der Waals surface area contributed by atoms with E-state index in [1.807, 2.05) is 20.8 Å². The highest BCUT2D eigenvalue weighted by Crippen LogP contribution is 2.29. The van der Waals surface area contributed by atoms with E-state index < -0.39 is 0 Å². The van der Waals surface area contributed by atoms with Crippen molar-refractivity contribution in [2.75, 3.05) is 7.11 Å². The van der Waals surface area contributed by atoms with Gasteiger partial charge in [-0.1, -0.05) is 13.8 Å². The average molecular weight is 196 g/mol. The van der Waals surface area contributed by atoms with Crippen LogP contribution >= 0.6 is 0 Å². The van der Waals surface area contributed by atoms with E-state index in [9.17, 15) is 9.90 Å². The first-order valence-electron chi connectivity index (χ1n) is 4.52. The Morgan fingerprint density at radius 3 is 2.36 bits per heavy atom. The third-order valence-corrected chi connectivity index (χ3v) is 1.60. The Morgan fingerprint density at radius 2 is 1.93 bits per heavy atom. The Labute approximate surface area is 84.3 Å². The van der Waals surface area contributed by atoms with Gasteiger partial charge in [0, 0.05) is 0 Å². The maximum absolute atomic E-state index is 10.4. The summed E-state index contributed by atoms with van der Waals surface area (Å²) in [4.78, 5) is 10.4. The number of carbonyl (C=O) groups excluding carboxylic acids is 1. The maximum atomic E-state index is 10.4. The van der Waals surface area contributed by atoms with Gasteiger partial charge in [-0.2, -0.15) is 0 Å². The molecule has 0 spiro atoms. The molecule has 3 heteroatoms. The molecule has 0 saturated carbocycles. The minimum absolute atomic E-state index is 0.0990. The first-order valence-corrected chi connectivity index (χ1v) is 4.52. The second-order valence-electron chi connectivity index (χ2n) is 2.52. The molecule has 0 aliphatic heterocycles. The molecule has 1 N–H and O–H groups in total. The van der Waals surface area contributed by atoms with E-state index in [4.69, 9.17) is 4.74 Å². The molecule has 1 aromatic carbocycles. The molecular formula is C11H16O3. The smallest absolute Gasteiger partial charge is 0.168 e. The van der Waals surface area contributed by atoms with E-state index in [-0.39, 0.29) is 11.3 Å². The number of aldehydes is 1. The fraction of sp³-hybridized carbons (Fsp3) is 0.364. The molecule has 3 nitrogen and oxygen atoms in total. The summed E-state index contributed by atoms with van der Waals surface area (Å²) >= 11 is 0. The number of benzene rings is 1. The van der Waals surface area contributed by atoms with Gasteiger partial charge >= 0.3 is 0 Å². The quantitative estimate of drug-likeness (QED) is 0.739. The summed E-state index contributed by atoms with van der Waals surface area (Å²) in [7, 11) is 1.45. The SMILES string of the molecule is CC.COc1cc(C)cc(C=O)c1O. The Hall–Kier alpha value is -1.51. The van der Waals surface area contributed by atoms with Crippen LogP contribution in [0.15, 0.2) is 12.1 Å². The zero-order valence-electron chi connectivity index (χ0n) is 9.00. The number of ether oxygens (including phenoxy) is 1. The van der Waals surface area contributed by atoms with E-state index in [0.717, 1.165) is 5.56 Å². The summed E-state index contributed by atoms with van der Waals surface area (Å²) in [5.74, 6) is 0.232. The minimum Gasteiger partial charge on any atom is -0.504 e. The van der Waals surface area contributed by atoms with Crippen molar-refractivity contribution in [1.82, 2.24) is 0 Å². The van der Waals surface area contributed by atoms with Crippen LogP contribution in [0.1, 0.15) is 29.8 Å². The van der Waals surface area contributed by atoms with Crippen molar-refractivity contribution in [3.63, 3.8) is 0 Å². The average Bonchev–Trinajstić information content (AvgIpc) is 2.23. The van der Waals surface area contributed by atoms with E-state index in [0.29, 0.717) is 12.0 Å². The molecule has 14 heavy (non-hydrogen) atoms. The standard InChI is InChI=1S/C9H10O3.C2H6/c1-6-3-7(5-10)9(11)8(4-6)12-2;1-2/h3-5,11H,1-2H3;1-2H3. The summed E-state index contributed by atoms with van der Waals surface area (Å²) in [5, 5.41) is 9.36. The van der Waals surface area contributed by atoms with Crippen LogP contribution in [0, 0.1) is 6.92 Å². The van der Waals surface area contributed by atoms with Crippen LogP contribution in [0.5, 0.6) is 11.5 Å². The zero-order chi connectivity index (χ0) is 11.1. The first kappa shape index (κ1) is 12.5. The largest absolute Gasteiger partial charge is 0.504 e. The molecule has 0 aliphatic rings. The van der Waals surface area contributed by atoms with Crippen LogP contribution in [-0.4, -0.2) is 18.5 Å². The number of aryl methyl sites for hydroxylation is 1. The van der Waals surface area contributed by atoms with Gasteiger partial charge in [0.15, 0.2) is 17.8 Å². The van der Waals surface area contributed by atoms with Gasteiger partial charge in [-0.3, -0.25) is 4.79 Å². The van der Waals surface area contributed by atoms with Crippen molar-refractivity contribution >= 4 is 6.29 Å². The Balaban J connectivity index is 0.000000791. The van der Waals surface area contributed by atoms with Gasteiger partial charge in [0.25, 0.3) is 0 Å². The van der Waals surface area contributed by atoms with Crippen molar-refractivity contribution < 1.29 is 14.6 Å². The van der Waals surface area contributed by atoms with E-state index in [1.54, 1.807) is 12.1 Å². The molecule has 0 heterocycles. The number of phenols is 1. The van der Waals surface area contributed by atoms with Crippen molar-refractivity contribution in [2.24, 2.45) is 0 Å². The lowest BCUT2D eigenvalue weighted by Crippen LogP contribution is -1.89. The number of aromatic hydroxyl groups is 1. The van der Waals surface area contributed by atoms with Gasteiger partial charge in [0.1, 0.15) is 0 Å². The van der Waals surface area contributed by atoms with Crippen LogP contribution in [0.3, 0.4) is 0 Å². The highest BCUT2D eigenvalue weighted by atomic mass is 16.5. The molecule has 0 fully saturated rings. The molecule has 1 aromatic rings. The molecular weight excluding hydrogens is 180 g/mol. The van der Waals surface area contributed by atoms with Crippen LogP contribution < -0.4 is 4.74 Å². The lowest BCUT2D eigenvalue weighted by molar-refractivity contribution is 0.112. The second kappa shape index (κ2) is 6.02. The van der Waals surface area contributed by atoms with Gasteiger partial charge in [-0.05, 0) is 24.6 Å². The summed E-state index contributed by atoms with van der Waals surface area (Å²) in [6.07, 6.45) is 0.602. The highest BCUT2D eigenvalue weighted by molar-refractivity contribution is 5.81. The summed E-state index contributed by atoms with van der Waals surface area (Å²) in [5.41, 5.74) is 1.14. The monoisotopic (exact) mass is 196 g/mol. The normalized spacial score (nSPS) is 8.57. The number of methoxy groups -OCH3 is 1. The summed E-state index contributed by atoms with van der Waals surface area (Å²) in [6, 6.07) is 3.27. The Morgan fingerprint density at radius 1 is 1.36 bits per heavy atom. The molecule has 0 amide bonds. The van der Waals surface area contributed by atoms with Gasteiger partial charge in [-0.15, -0.1) is 0 Å². The zero-order valence-corrected chi connectivity index (χ0v) is 9.00. The number of hydrogen-bond acceptors (Lipinski definition) is 3. The predicted octanol–water partition coefficient (Wildman–Crippen LogP) is 2.55. The van der Waals surface area contributed by atoms with Crippen molar-refractivity contribution in [3.05, 3.63) is 23.3 Å². The molecule has 0 saturated heterocycles. The first-order chi connectivity index (χ1) is 6.69.